The molecule has 7 heteroatoms. The van der Waals surface area contributed by atoms with Gasteiger partial charge in [-0.1, -0.05) is 0 Å². The topological polar surface area (TPSA) is 58.9 Å². The number of likely N-dealkylation sites (tertiary alicyclic amines) is 1. The molecule has 0 aliphatic carbocycles. The van der Waals surface area contributed by atoms with Crippen LogP contribution in [0.2, 0.25) is 0 Å². The minimum Gasteiger partial charge on any atom is -0.313 e. The molecule has 1 aliphatic heterocycles. The van der Waals surface area contributed by atoms with Gasteiger partial charge in [0.25, 0.3) is 0 Å². The predicted octanol–water partition coefficient (Wildman–Crippen LogP) is 1.65. The van der Waals surface area contributed by atoms with Crippen LogP contribution in [0.15, 0.2) is 36.9 Å². The fourth-order valence-corrected chi connectivity index (χ4v) is 3.12. The molecule has 0 saturated carbocycles. The van der Waals surface area contributed by atoms with Gasteiger partial charge in [0.05, 0.1) is 6.54 Å². The van der Waals surface area contributed by atoms with Crippen molar-refractivity contribution in [1.29, 1.82) is 0 Å². The van der Waals surface area contributed by atoms with Crippen molar-refractivity contribution in [3.63, 3.8) is 0 Å². The highest BCUT2D eigenvalue weighted by molar-refractivity contribution is 4.94. The molecule has 0 spiro atoms. The van der Waals surface area contributed by atoms with Crippen molar-refractivity contribution in [2.45, 2.75) is 51.1 Å². The summed E-state index contributed by atoms with van der Waals surface area (Å²) in [6, 6.07) is 4.28. The van der Waals surface area contributed by atoms with Crippen LogP contribution in [0.5, 0.6) is 0 Å². The first-order chi connectivity index (χ1) is 11.7. The Kier molecular flexibility index (Phi) is 5.87. The summed E-state index contributed by atoms with van der Waals surface area (Å²) < 4.78 is 15.8. The molecule has 0 radical (unpaired) electrons. The van der Waals surface area contributed by atoms with Crippen molar-refractivity contribution in [2.75, 3.05) is 13.1 Å². The molecule has 2 aromatic rings. The van der Waals surface area contributed by atoms with Crippen LogP contribution in [-0.2, 0) is 13.1 Å². The zero-order chi connectivity index (χ0) is 16.8. The van der Waals surface area contributed by atoms with Crippen molar-refractivity contribution in [1.82, 2.24) is 30.0 Å². The van der Waals surface area contributed by atoms with Crippen LogP contribution < -0.4 is 5.32 Å². The number of hydrogen-bond acceptors (Lipinski definition) is 5. The number of nitrogens with zero attached hydrogens (tertiary/aromatic N) is 5. The Hall–Kier alpha value is -1.86. The Morgan fingerprint density at radius 3 is 2.88 bits per heavy atom. The Labute approximate surface area is 142 Å². The normalized spacial score (nSPS) is 22.8. The zero-order valence-corrected chi connectivity index (χ0v) is 14.1. The van der Waals surface area contributed by atoms with E-state index in [1.165, 1.54) is 0 Å². The third-order valence-corrected chi connectivity index (χ3v) is 4.49. The highest BCUT2D eigenvalue weighted by atomic mass is 19.1. The molecule has 3 rings (SSSR count). The summed E-state index contributed by atoms with van der Waals surface area (Å²) in [6.45, 7) is 4.91. The number of hydrogen-bond donors (Lipinski definition) is 1. The summed E-state index contributed by atoms with van der Waals surface area (Å²) in [7, 11) is 0. The minimum atomic E-state index is -0.764. The molecule has 1 fully saturated rings. The quantitative estimate of drug-likeness (QED) is 0.797. The van der Waals surface area contributed by atoms with Gasteiger partial charge in [0, 0.05) is 56.5 Å². The fourth-order valence-electron chi connectivity index (χ4n) is 3.12. The first-order valence-electron chi connectivity index (χ1n) is 8.55. The summed E-state index contributed by atoms with van der Waals surface area (Å²) in [5, 5.41) is 7.74. The lowest BCUT2D eigenvalue weighted by Crippen LogP contribution is -2.41. The predicted molar refractivity (Wildman–Crippen MR) is 90.1 cm³/mol. The molecule has 2 aromatic heterocycles. The Morgan fingerprint density at radius 1 is 1.29 bits per heavy atom. The SMILES string of the molecule is CC(CCn1cccn1)NC[C@@H]1C[C@H](F)CN1Cc1ncccn1. The number of aryl methyl sites for hydroxylation is 1. The number of aromatic nitrogens is 4. The van der Waals surface area contributed by atoms with Crippen molar-refractivity contribution in [2.24, 2.45) is 0 Å². The van der Waals surface area contributed by atoms with Gasteiger partial charge in [-0.2, -0.15) is 5.10 Å². The molecule has 24 heavy (non-hydrogen) atoms. The van der Waals surface area contributed by atoms with E-state index in [-0.39, 0.29) is 6.04 Å². The maximum Gasteiger partial charge on any atom is 0.142 e. The van der Waals surface area contributed by atoms with Crippen LogP contribution in [0.3, 0.4) is 0 Å². The van der Waals surface area contributed by atoms with Gasteiger partial charge in [0.15, 0.2) is 0 Å². The number of halogens is 1. The van der Waals surface area contributed by atoms with Gasteiger partial charge in [0.1, 0.15) is 12.0 Å². The van der Waals surface area contributed by atoms with E-state index in [1.54, 1.807) is 24.7 Å². The van der Waals surface area contributed by atoms with Gasteiger partial charge < -0.3 is 5.32 Å². The first kappa shape index (κ1) is 17.0. The largest absolute Gasteiger partial charge is 0.313 e. The minimum absolute atomic E-state index is 0.191. The van der Waals surface area contributed by atoms with Crippen LogP contribution in [0.1, 0.15) is 25.6 Å². The lowest BCUT2D eigenvalue weighted by Gasteiger charge is -2.25. The van der Waals surface area contributed by atoms with Crippen molar-refractivity contribution in [3.8, 4) is 0 Å². The molecule has 3 heterocycles. The van der Waals surface area contributed by atoms with Crippen LogP contribution >= 0.6 is 0 Å². The van der Waals surface area contributed by atoms with Gasteiger partial charge in [-0.15, -0.1) is 0 Å². The Bertz CT molecular complexity index is 590. The second-order valence-electron chi connectivity index (χ2n) is 6.45. The molecule has 0 amide bonds. The van der Waals surface area contributed by atoms with Crippen molar-refractivity contribution < 1.29 is 4.39 Å². The van der Waals surface area contributed by atoms with Crippen molar-refractivity contribution in [3.05, 3.63) is 42.7 Å². The molecule has 130 valence electrons. The molecule has 0 bridgehead atoms. The Morgan fingerprint density at radius 2 is 2.12 bits per heavy atom. The second kappa shape index (κ2) is 8.30. The van der Waals surface area contributed by atoms with Gasteiger partial charge in [-0.25, -0.2) is 14.4 Å². The number of rotatable bonds is 8. The van der Waals surface area contributed by atoms with Crippen LogP contribution in [-0.4, -0.2) is 56.0 Å². The summed E-state index contributed by atoms with van der Waals surface area (Å²) in [4.78, 5) is 10.6. The van der Waals surface area contributed by atoms with E-state index in [0.717, 1.165) is 25.3 Å². The molecule has 1 aliphatic rings. The van der Waals surface area contributed by atoms with E-state index >= 15 is 0 Å². The van der Waals surface area contributed by atoms with E-state index in [2.05, 4.69) is 32.2 Å². The third kappa shape index (κ3) is 4.82. The maximum atomic E-state index is 13.9. The Balaban J connectivity index is 1.45. The summed E-state index contributed by atoms with van der Waals surface area (Å²) in [5.41, 5.74) is 0. The van der Waals surface area contributed by atoms with Crippen LogP contribution in [0.4, 0.5) is 4.39 Å². The standard InChI is InChI=1S/C17H25FN6/c1-14(4-9-24-8-3-7-22-24)21-11-16-10-15(18)12-23(16)13-17-19-5-2-6-20-17/h2-3,5-8,14-16,21H,4,9-13H2,1H3/t14?,15-,16-/m0/s1. The molecular formula is C17H25FN6. The third-order valence-electron chi connectivity index (χ3n) is 4.49. The fraction of sp³-hybridized carbons (Fsp3) is 0.588. The summed E-state index contributed by atoms with van der Waals surface area (Å²) in [5.74, 6) is 0.753. The summed E-state index contributed by atoms with van der Waals surface area (Å²) in [6.07, 6.45) is 8.03. The molecule has 3 atom stereocenters. The van der Waals surface area contributed by atoms with Gasteiger partial charge >= 0.3 is 0 Å². The molecule has 1 unspecified atom stereocenters. The molecule has 0 aromatic carbocycles. The molecular weight excluding hydrogens is 307 g/mol. The number of nitrogens with one attached hydrogen (secondary N) is 1. The highest BCUT2D eigenvalue weighted by Gasteiger charge is 2.32. The molecule has 6 nitrogen and oxygen atoms in total. The van der Waals surface area contributed by atoms with E-state index in [9.17, 15) is 4.39 Å². The monoisotopic (exact) mass is 332 g/mol. The zero-order valence-electron chi connectivity index (χ0n) is 14.1. The van der Waals surface area contributed by atoms with E-state index in [0.29, 0.717) is 25.6 Å². The van der Waals surface area contributed by atoms with Gasteiger partial charge in [-0.3, -0.25) is 9.58 Å². The average Bonchev–Trinajstić information content (AvgIpc) is 3.22. The highest BCUT2D eigenvalue weighted by Crippen LogP contribution is 2.21. The van der Waals surface area contributed by atoms with Crippen molar-refractivity contribution >= 4 is 0 Å². The lowest BCUT2D eigenvalue weighted by atomic mass is 10.1. The van der Waals surface area contributed by atoms with Crippen LogP contribution in [0.25, 0.3) is 0 Å². The summed E-state index contributed by atoms with van der Waals surface area (Å²) >= 11 is 0. The van der Waals surface area contributed by atoms with E-state index in [1.807, 2.05) is 16.9 Å². The maximum absolute atomic E-state index is 13.9. The van der Waals surface area contributed by atoms with E-state index in [4.69, 9.17) is 0 Å². The number of alkyl halides is 1. The second-order valence-corrected chi connectivity index (χ2v) is 6.45. The smallest absolute Gasteiger partial charge is 0.142 e. The molecule has 1 saturated heterocycles. The van der Waals surface area contributed by atoms with Gasteiger partial charge in [0.2, 0.25) is 0 Å². The average molecular weight is 332 g/mol. The lowest BCUT2D eigenvalue weighted by molar-refractivity contribution is 0.220. The first-order valence-corrected chi connectivity index (χ1v) is 8.55. The van der Waals surface area contributed by atoms with E-state index < -0.39 is 6.17 Å². The molecule has 1 N–H and O–H groups in total. The van der Waals surface area contributed by atoms with Crippen LogP contribution in [0, 0.1) is 0 Å². The van der Waals surface area contributed by atoms with Gasteiger partial charge in [-0.05, 0) is 31.9 Å².